The Balaban J connectivity index is 2.00. The SMILES string of the molecule is COC(=O)[C@H](Cc1ccc(O)cc1)NC(=O)[C@@H](NC(=O)OCc1ccccc1)[C@H](C)O. The fraction of sp³-hybridized carbons (Fsp3) is 0.318. The number of phenolic OH excluding ortho intramolecular Hbond substituents is 1. The summed E-state index contributed by atoms with van der Waals surface area (Å²) >= 11 is 0. The number of hydrogen-bond acceptors (Lipinski definition) is 7. The van der Waals surface area contributed by atoms with Gasteiger partial charge < -0.3 is 30.3 Å². The first-order chi connectivity index (χ1) is 14.8. The largest absolute Gasteiger partial charge is 0.508 e. The fourth-order valence-electron chi connectivity index (χ4n) is 2.76. The van der Waals surface area contributed by atoms with Crippen LogP contribution in [0.25, 0.3) is 0 Å². The summed E-state index contributed by atoms with van der Waals surface area (Å²) in [6, 6.07) is 12.7. The third-order valence-corrected chi connectivity index (χ3v) is 4.43. The van der Waals surface area contributed by atoms with E-state index in [4.69, 9.17) is 9.47 Å². The number of hydrogen-bond donors (Lipinski definition) is 4. The molecule has 4 N–H and O–H groups in total. The zero-order valence-electron chi connectivity index (χ0n) is 17.3. The van der Waals surface area contributed by atoms with E-state index in [0.29, 0.717) is 5.56 Å². The lowest BCUT2D eigenvalue weighted by Gasteiger charge is -2.23. The van der Waals surface area contributed by atoms with Crippen LogP contribution in [0, 0.1) is 0 Å². The van der Waals surface area contributed by atoms with Crippen LogP contribution in [0.4, 0.5) is 4.79 Å². The first kappa shape index (κ1) is 23.7. The third-order valence-electron chi connectivity index (χ3n) is 4.43. The van der Waals surface area contributed by atoms with Crippen LogP contribution in [-0.2, 0) is 32.1 Å². The minimum Gasteiger partial charge on any atom is -0.508 e. The Kier molecular flexibility index (Phi) is 8.83. The minimum atomic E-state index is -1.35. The van der Waals surface area contributed by atoms with Crippen molar-refractivity contribution in [1.82, 2.24) is 10.6 Å². The Bertz CT molecular complexity index is 869. The highest BCUT2D eigenvalue weighted by atomic mass is 16.5. The van der Waals surface area contributed by atoms with E-state index in [1.807, 2.05) is 6.07 Å². The summed E-state index contributed by atoms with van der Waals surface area (Å²) in [4.78, 5) is 36.9. The van der Waals surface area contributed by atoms with Gasteiger partial charge in [0.25, 0.3) is 0 Å². The number of benzene rings is 2. The van der Waals surface area contributed by atoms with Crippen LogP contribution in [0.15, 0.2) is 54.6 Å². The van der Waals surface area contributed by atoms with Crippen molar-refractivity contribution >= 4 is 18.0 Å². The van der Waals surface area contributed by atoms with E-state index >= 15 is 0 Å². The number of nitrogens with one attached hydrogen (secondary N) is 2. The average Bonchev–Trinajstić information content (AvgIpc) is 2.76. The first-order valence-corrected chi connectivity index (χ1v) is 9.61. The molecule has 2 amide bonds. The van der Waals surface area contributed by atoms with E-state index < -0.39 is 36.2 Å². The molecule has 3 atom stereocenters. The van der Waals surface area contributed by atoms with E-state index in [2.05, 4.69) is 10.6 Å². The molecule has 0 fully saturated rings. The van der Waals surface area contributed by atoms with E-state index in [9.17, 15) is 24.6 Å². The number of carbonyl (C=O) groups excluding carboxylic acids is 3. The number of carbonyl (C=O) groups is 3. The number of methoxy groups -OCH3 is 1. The summed E-state index contributed by atoms with van der Waals surface area (Å²) in [6.45, 7) is 1.32. The van der Waals surface area contributed by atoms with Gasteiger partial charge in [0.1, 0.15) is 24.4 Å². The van der Waals surface area contributed by atoms with Crippen LogP contribution >= 0.6 is 0 Å². The molecule has 0 aliphatic carbocycles. The Hall–Kier alpha value is -3.59. The topological polar surface area (TPSA) is 134 Å². The van der Waals surface area contributed by atoms with Crippen LogP contribution in [-0.4, -0.2) is 53.5 Å². The zero-order valence-corrected chi connectivity index (χ0v) is 17.3. The molecule has 0 radical (unpaired) electrons. The summed E-state index contributed by atoms with van der Waals surface area (Å²) in [5.41, 5.74) is 1.42. The van der Waals surface area contributed by atoms with Crippen molar-refractivity contribution in [3.8, 4) is 5.75 Å². The Morgan fingerprint density at radius 3 is 2.19 bits per heavy atom. The van der Waals surface area contributed by atoms with Crippen LogP contribution in [0.5, 0.6) is 5.75 Å². The normalized spacial score (nSPS) is 13.4. The number of amides is 2. The second-order valence-electron chi connectivity index (χ2n) is 6.88. The van der Waals surface area contributed by atoms with E-state index in [1.54, 1.807) is 36.4 Å². The number of alkyl carbamates (subject to hydrolysis) is 1. The molecule has 0 aliphatic heterocycles. The van der Waals surface area contributed by atoms with Crippen LogP contribution < -0.4 is 10.6 Å². The quantitative estimate of drug-likeness (QED) is 0.440. The second-order valence-corrected chi connectivity index (χ2v) is 6.88. The summed E-state index contributed by atoms with van der Waals surface area (Å²) in [6.07, 6.45) is -2.06. The highest BCUT2D eigenvalue weighted by Crippen LogP contribution is 2.12. The number of phenols is 1. The summed E-state index contributed by atoms with van der Waals surface area (Å²) in [7, 11) is 1.18. The fourth-order valence-corrected chi connectivity index (χ4v) is 2.76. The van der Waals surface area contributed by atoms with Crippen molar-refractivity contribution in [1.29, 1.82) is 0 Å². The van der Waals surface area contributed by atoms with Gasteiger partial charge in [-0.2, -0.15) is 0 Å². The monoisotopic (exact) mass is 430 g/mol. The molecular weight excluding hydrogens is 404 g/mol. The third kappa shape index (κ3) is 7.63. The highest BCUT2D eigenvalue weighted by Gasteiger charge is 2.30. The maximum atomic E-state index is 12.7. The molecule has 0 unspecified atom stereocenters. The van der Waals surface area contributed by atoms with Gasteiger partial charge in [0.05, 0.1) is 13.2 Å². The van der Waals surface area contributed by atoms with Crippen molar-refractivity contribution in [3.05, 3.63) is 65.7 Å². The first-order valence-electron chi connectivity index (χ1n) is 9.61. The van der Waals surface area contributed by atoms with Crippen LogP contribution in [0.3, 0.4) is 0 Å². The molecule has 0 bridgehead atoms. The number of esters is 1. The van der Waals surface area contributed by atoms with Crippen molar-refractivity contribution in [2.75, 3.05) is 7.11 Å². The summed E-state index contributed by atoms with van der Waals surface area (Å²) in [5.74, 6) is -1.41. The van der Waals surface area contributed by atoms with Gasteiger partial charge in [-0.25, -0.2) is 9.59 Å². The van der Waals surface area contributed by atoms with Gasteiger partial charge in [-0.1, -0.05) is 42.5 Å². The molecular formula is C22H26N2O7. The van der Waals surface area contributed by atoms with Gasteiger partial charge in [-0.15, -0.1) is 0 Å². The van der Waals surface area contributed by atoms with E-state index in [-0.39, 0.29) is 18.8 Å². The number of ether oxygens (including phenoxy) is 2. The molecule has 2 aromatic rings. The highest BCUT2D eigenvalue weighted by molar-refractivity contribution is 5.90. The average molecular weight is 430 g/mol. The van der Waals surface area contributed by atoms with Crippen molar-refractivity contribution < 1.29 is 34.1 Å². The molecule has 0 heterocycles. The predicted octanol–water partition coefficient (Wildman–Crippen LogP) is 1.27. The van der Waals surface area contributed by atoms with E-state index in [1.165, 1.54) is 26.2 Å². The van der Waals surface area contributed by atoms with Gasteiger partial charge >= 0.3 is 12.1 Å². The van der Waals surface area contributed by atoms with Crippen LogP contribution in [0.2, 0.25) is 0 Å². The molecule has 0 aromatic heterocycles. The maximum absolute atomic E-state index is 12.7. The summed E-state index contributed by atoms with van der Waals surface area (Å²) < 4.78 is 9.82. The second kappa shape index (κ2) is 11.6. The van der Waals surface area contributed by atoms with Crippen molar-refractivity contribution in [3.63, 3.8) is 0 Å². The molecule has 166 valence electrons. The predicted molar refractivity (Wildman–Crippen MR) is 111 cm³/mol. The van der Waals surface area contributed by atoms with Gasteiger partial charge in [0.2, 0.25) is 5.91 Å². The number of aliphatic hydroxyl groups excluding tert-OH is 1. The number of aliphatic hydroxyl groups is 1. The lowest BCUT2D eigenvalue weighted by atomic mass is 10.0. The van der Waals surface area contributed by atoms with Crippen molar-refractivity contribution in [2.45, 2.75) is 38.1 Å². The van der Waals surface area contributed by atoms with Gasteiger partial charge in [-0.3, -0.25) is 4.79 Å². The van der Waals surface area contributed by atoms with E-state index in [0.717, 1.165) is 5.56 Å². The molecule has 0 saturated heterocycles. The smallest absolute Gasteiger partial charge is 0.408 e. The lowest BCUT2D eigenvalue weighted by molar-refractivity contribution is -0.145. The maximum Gasteiger partial charge on any atom is 0.408 e. The molecule has 0 saturated carbocycles. The molecule has 2 rings (SSSR count). The van der Waals surface area contributed by atoms with Gasteiger partial charge in [-0.05, 0) is 30.2 Å². The Labute approximate surface area is 180 Å². The molecule has 0 aliphatic rings. The van der Waals surface area contributed by atoms with Crippen LogP contribution in [0.1, 0.15) is 18.1 Å². The number of aromatic hydroxyl groups is 1. The Morgan fingerprint density at radius 2 is 1.61 bits per heavy atom. The lowest BCUT2D eigenvalue weighted by Crippen LogP contribution is -2.56. The summed E-state index contributed by atoms with van der Waals surface area (Å²) in [5, 5.41) is 24.2. The zero-order chi connectivity index (χ0) is 22.8. The molecule has 2 aromatic carbocycles. The standard InChI is InChI=1S/C22H26N2O7/c1-14(25)19(24-22(29)31-13-16-6-4-3-5-7-16)20(27)23-18(21(28)30-2)12-15-8-10-17(26)11-9-15/h3-11,14,18-19,25-26H,12-13H2,1-2H3,(H,23,27)(H,24,29)/t14-,18-,19-/m0/s1. The van der Waals surface area contributed by atoms with Gasteiger partial charge in [0.15, 0.2) is 0 Å². The molecule has 31 heavy (non-hydrogen) atoms. The molecule has 9 heteroatoms. The number of rotatable bonds is 9. The van der Waals surface area contributed by atoms with Crippen molar-refractivity contribution in [2.24, 2.45) is 0 Å². The Morgan fingerprint density at radius 1 is 0.968 bits per heavy atom. The molecule has 9 nitrogen and oxygen atoms in total. The van der Waals surface area contributed by atoms with Gasteiger partial charge in [0, 0.05) is 6.42 Å². The minimum absolute atomic E-state index is 0.00748. The molecule has 0 spiro atoms.